The van der Waals surface area contributed by atoms with E-state index in [2.05, 4.69) is 24.0 Å². The molecule has 3 rings (SSSR count). The first-order valence-corrected chi connectivity index (χ1v) is 6.33. The lowest BCUT2D eigenvalue weighted by atomic mass is 9.87. The number of carbonyl (C=O) groups is 1. The fraction of sp³-hybridized carbons (Fsp3) is 0.357. The molecule has 0 fully saturated rings. The quantitative estimate of drug-likeness (QED) is 0.699. The maximum Gasteiger partial charge on any atom is 0.159 e. The molecule has 2 nitrogen and oxygen atoms in total. The van der Waals surface area contributed by atoms with E-state index in [1.165, 1.54) is 11.3 Å². The highest BCUT2D eigenvalue weighted by Crippen LogP contribution is 2.42. The third-order valence-electron chi connectivity index (χ3n) is 3.58. The number of anilines is 1. The first kappa shape index (κ1) is 10.8. The van der Waals surface area contributed by atoms with Gasteiger partial charge in [0.2, 0.25) is 0 Å². The summed E-state index contributed by atoms with van der Waals surface area (Å²) in [7, 11) is 0. The van der Waals surface area contributed by atoms with E-state index in [1.807, 2.05) is 6.07 Å². The smallest absolute Gasteiger partial charge is 0.159 e. The predicted molar refractivity (Wildman–Crippen MR) is 69.5 cm³/mol. The summed E-state index contributed by atoms with van der Waals surface area (Å²) in [6.07, 6.45) is 3.34. The summed E-state index contributed by atoms with van der Waals surface area (Å²) in [6.45, 7) is 2.98. The molecule has 2 aliphatic rings. The van der Waals surface area contributed by atoms with Crippen LogP contribution in [-0.4, -0.2) is 12.3 Å². The number of nitrogens with zero attached hydrogens (tertiary/aromatic N) is 1. The lowest BCUT2D eigenvalue weighted by Gasteiger charge is -2.38. The average Bonchev–Trinajstić information content (AvgIpc) is 2.29. The SMILES string of the molecule is C[C@H]1CC2=CC(=O)CCN2c2ccc(Cl)cc21. The summed E-state index contributed by atoms with van der Waals surface area (Å²) in [5.41, 5.74) is 3.67. The molecule has 0 radical (unpaired) electrons. The van der Waals surface area contributed by atoms with Crippen molar-refractivity contribution in [2.45, 2.75) is 25.7 Å². The molecule has 0 N–H and O–H groups in total. The van der Waals surface area contributed by atoms with Gasteiger partial charge in [0.15, 0.2) is 5.78 Å². The molecule has 1 aromatic rings. The van der Waals surface area contributed by atoms with Crippen molar-refractivity contribution in [3.8, 4) is 0 Å². The van der Waals surface area contributed by atoms with Crippen molar-refractivity contribution in [2.24, 2.45) is 0 Å². The van der Waals surface area contributed by atoms with E-state index in [-0.39, 0.29) is 5.78 Å². The van der Waals surface area contributed by atoms with E-state index in [9.17, 15) is 4.79 Å². The Bertz CT molecular complexity index is 521. The second-order valence-electron chi connectivity index (χ2n) is 4.81. The van der Waals surface area contributed by atoms with Gasteiger partial charge in [-0.1, -0.05) is 18.5 Å². The number of hydrogen-bond donors (Lipinski definition) is 0. The number of benzene rings is 1. The molecule has 1 atom stereocenters. The first-order chi connectivity index (χ1) is 8.15. The summed E-state index contributed by atoms with van der Waals surface area (Å²) >= 11 is 6.05. The minimum atomic E-state index is 0.251. The molecule has 0 bridgehead atoms. The van der Waals surface area contributed by atoms with Crippen LogP contribution < -0.4 is 4.90 Å². The molecule has 2 aliphatic heterocycles. The van der Waals surface area contributed by atoms with Crippen molar-refractivity contribution >= 4 is 23.1 Å². The van der Waals surface area contributed by atoms with Gasteiger partial charge in [-0.2, -0.15) is 0 Å². The van der Waals surface area contributed by atoms with Crippen molar-refractivity contribution in [1.82, 2.24) is 0 Å². The lowest BCUT2D eigenvalue weighted by Crippen LogP contribution is -2.34. The first-order valence-electron chi connectivity index (χ1n) is 5.95. The van der Waals surface area contributed by atoms with Crippen LogP contribution in [0.25, 0.3) is 0 Å². The highest BCUT2D eigenvalue weighted by molar-refractivity contribution is 6.30. The van der Waals surface area contributed by atoms with E-state index in [0.29, 0.717) is 12.3 Å². The molecule has 0 saturated carbocycles. The van der Waals surface area contributed by atoms with Crippen LogP contribution in [0.5, 0.6) is 0 Å². The molecule has 0 aliphatic carbocycles. The topological polar surface area (TPSA) is 20.3 Å². The highest BCUT2D eigenvalue weighted by Gasteiger charge is 2.29. The molecule has 2 heterocycles. The third-order valence-corrected chi connectivity index (χ3v) is 3.82. The molecule has 0 aromatic heterocycles. The van der Waals surface area contributed by atoms with Gasteiger partial charge in [0, 0.05) is 35.4 Å². The molecule has 88 valence electrons. The molecule has 0 spiro atoms. The maximum atomic E-state index is 11.5. The Balaban J connectivity index is 2.12. The minimum Gasteiger partial charge on any atom is -0.344 e. The van der Waals surface area contributed by atoms with Crippen LogP contribution in [0.3, 0.4) is 0 Å². The van der Waals surface area contributed by atoms with Gasteiger partial charge in [-0.15, -0.1) is 0 Å². The molecular formula is C14H14ClNO. The van der Waals surface area contributed by atoms with Crippen LogP contribution in [0.2, 0.25) is 5.02 Å². The number of carbonyl (C=O) groups excluding carboxylic acids is 1. The minimum absolute atomic E-state index is 0.251. The van der Waals surface area contributed by atoms with Crippen molar-refractivity contribution in [2.75, 3.05) is 11.4 Å². The fourth-order valence-corrected chi connectivity index (χ4v) is 2.92. The molecule has 1 aromatic carbocycles. The van der Waals surface area contributed by atoms with Crippen molar-refractivity contribution < 1.29 is 4.79 Å². The number of halogens is 1. The van der Waals surface area contributed by atoms with Gasteiger partial charge in [-0.3, -0.25) is 4.79 Å². The van der Waals surface area contributed by atoms with E-state index < -0.39 is 0 Å². The Hall–Kier alpha value is -1.28. The Kier molecular flexibility index (Phi) is 2.48. The van der Waals surface area contributed by atoms with Gasteiger partial charge in [-0.25, -0.2) is 0 Å². The second-order valence-corrected chi connectivity index (χ2v) is 5.25. The molecule has 0 unspecified atom stereocenters. The van der Waals surface area contributed by atoms with Crippen LogP contribution in [0.4, 0.5) is 5.69 Å². The fourth-order valence-electron chi connectivity index (χ4n) is 2.74. The van der Waals surface area contributed by atoms with Gasteiger partial charge in [-0.05, 0) is 36.1 Å². The Labute approximate surface area is 106 Å². The lowest BCUT2D eigenvalue weighted by molar-refractivity contribution is -0.114. The molecule has 0 amide bonds. The molecule has 0 saturated heterocycles. The normalized spacial score (nSPS) is 22.9. The van der Waals surface area contributed by atoms with Crippen LogP contribution in [0, 0.1) is 0 Å². The largest absolute Gasteiger partial charge is 0.344 e. The Morgan fingerprint density at radius 1 is 1.41 bits per heavy atom. The summed E-state index contributed by atoms with van der Waals surface area (Å²) in [4.78, 5) is 13.7. The zero-order valence-corrected chi connectivity index (χ0v) is 10.5. The maximum absolute atomic E-state index is 11.5. The van der Waals surface area contributed by atoms with Gasteiger partial charge in [0.1, 0.15) is 0 Å². The van der Waals surface area contributed by atoms with Crippen LogP contribution in [-0.2, 0) is 4.79 Å². The van der Waals surface area contributed by atoms with Gasteiger partial charge < -0.3 is 4.90 Å². The third kappa shape index (κ3) is 1.77. The van der Waals surface area contributed by atoms with Gasteiger partial charge in [0.05, 0.1) is 0 Å². The average molecular weight is 248 g/mol. The van der Waals surface area contributed by atoms with Crippen LogP contribution in [0.15, 0.2) is 30.0 Å². The number of allylic oxidation sites excluding steroid dienone is 2. The van der Waals surface area contributed by atoms with Crippen LogP contribution >= 0.6 is 11.6 Å². The van der Waals surface area contributed by atoms with Crippen molar-refractivity contribution in [3.63, 3.8) is 0 Å². The number of ketones is 1. The monoisotopic (exact) mass is 247 g/mol. The number of rotatable bonds is 0. The van der Waals surface area contributed by atoms with Crippen molar-refractivity contribution in [3.05, 3.63) is 40.6 Å². The summed E-state index contributed by atoms with van der Waals surface area (Å²) in [6, 6.07) is 6.04. The van der Waals surface area contributed by atoms with Crippen molar-refractivity contribution in [1.29, 1.82) is 0 Å². The number of hydrogen-bond acceptors (Lipinski definition) is 2. The molecular weight excluding hydrogens is 234 g/mol. The standard InChI is InChI=1S/C14H14ClNO/c1-9-6-11-8-12(17)4-5-16(11)14-3-2-10(15)7-13(9)14/h2-3,7-9H,4-6H2,1H3/t9-/m0/s1. The molecule has 3 heteroatoms. The summed E-state index contributed by atoms with van der Waals surface area (Å²) < 4.78 is 0. The molecule has 17 heavy (non-hydrogen) atoms. The Morgan fingerprint density at radius 3 is 3.06 bits per heavy atom. The number of fused-ring (bicyclic) bond motifs is 3. The zero-order valence-electron chi connectivity index (χ0n) is 9.74. The van der Waals surface area contributed by atoms with Gasteiger partial charge >= 0.3 is 0 Å². The van der Waals surface area contributed by atoms with E-state index in [4.69, 9.17) is 11.6 Å². The van der Waals surface area contributed by atoms with E-state index in [1.54, 1.807) is 6.08 Å². The summed E-state index contributed by atoms with van der Waals surface area (Å²) in [5, 5.41) is 0.788. The van der Waals surface area contributed by atoms with E-state index >= 15 is 0 Å². The van der Waals surface area contributed by atoms with E-state index in [0.717, 1.165) is 23.7 Å². The highest BCUT2D eigenvalue weighted by atomic mass is 35.5. The predicted octanol–water partition coefficient (Wildman–Crippen LogP) is 3.51. The van der Waals surface area contributed by atoms with Crippen LogP contribution in [0.1, 0.15) is 31.2 Å². The Morgan fingerprint density at radius 2 is 2.24 bits per heavy atom. The summed E-state index contributed by atoms with van der Waals surface area (Å²) in [5.74, 6) is 0.679. The van der Waals surface area contributed by atoms with Gasteiger partial charge in [0.25, 0.3) is 0 Å². The zero-order chi connectivity index (χ0) is 12.0. The second kappa shape index (κ2) is 3.88.